The van der Waals surface area contributed by atoms with Gasteiger partial charge in [0.2, 0.25) is 0 Å². The Balaban J connectivity index is 2.28. The van der Waals surface area contributed by atoms with Gasteiger partial charge in [-0.3, -0.25) is 0 Å². The molecule has 5 heteroatoms. The highest BCUT2D eigenvalue weighted by atomic mass is 35.5. The predicted molar refractivity (Wildman–Crippen MR) is 64.9 cm³/mol. The third-order valence-corrected chi connectivity index (χ3v) is 2.45. The highest BCUT2D eigenvalue weighted by Gasteiger charge is 2.07. The van der Waals surface area contributed by atoms with Crippen molar-refractivity contribution in [2.45, 2.75) is 6.92 Å². The van der Waals surface area contributed by atoms with Gasteiger partial charge in [0.05, 0.1) is 5.02 Å². The highest BCUT2D eigenvalue weighted by Crippen LogP contribution is 2.26. The SMILES string of the molecule is Cc1ccc(Oc2ncc(Cl)cc2F)cc1N. The van der Waals surface area contributed by atoms with Crippen LogP contribution in [-0.4, -0.2) is 4.98 Å². The number of aryl methyl sites for hydroxylation is 1. The van der Waals surface area contributed by atoms with Gasteiger partial charge in [-0.2, -0.15) is 0 Å². The second-order valence-electron chi connectivity index (χ2n) is 3.56. The van der Waals surface area contributed by atoms with Gasteiger partial charge in [0.1, 0.15) is 5.75 Å². The van der Waals surface area contributed by atoms with Crippen LogP contribution in [0.15, 0.2) is 30.5 Å². The molecule has 0 radical (unpaired) electrons. The third kappa shape index (κ3) is 2.65. The molecule has 0 saturated carbocycles. The zero-order chi connectivity index (χ0) is 12.4. The summed E-state index contributed by atoms with van der Waals surface area (Å²) in [4.78, 5) is 3.76. The van der Waals surface area contributed by atoms with E-state index in [0.29, 0.717) is 11.4 Å². The van der Waals surface area contributed by atoms with Crippen molar-refractivity contribution in [2.75, 3.05) is 5.73 Å². The molecule has 0 atom stereocenters. The molecule has 0 aliphatic rings. The maximum absolute atomic E-state index is 13.4. The van der Waals surface area contributed by atoms with Crippen LogP contribution in [0, 0.1) is 12.7 Å². The molecule has 1 aromatic heterocycles. The summed E-state index contributed by atoms with van der Waals surface area (Å²) in [6.07, 6.45) is 1.32. The maximum Gasteiger partial charge on any atom is 0.255 e. The van der Waals surface area contributed by atoms with Crippen LogP contribution in [-0.2, 0) is 0 Å². The smallest absolute Gasteiger partial charge is 0.255 e. The minimum absolute atomic E-state index is 0.127. The van der Waals surface area contributed by atoms with Crippen molar-refractivity contribution in [3.63, 3.8) is 0 Å². The van der Waals surface area contributed by atoms with Gasteiger partial charge in [0.25, 0.3) is 5.88 Å². The molecule has 2 N–H and O–H groups in total. The number of anilines is 1. The molecule has 17 heavy (non-hydrogen) atoms. The van der Waals surface area contributed by atoms with E-state index in [1.807, 2.05) is 6.92 Å². The zero-order valence-corrected chi connectivity index (χ0v) is 9.83. The molecule has 0 amide bonds. The van der Waals surface area contributed by atoms with Crippen LogP contribution >= 0.6 is 11.6 Å². The molecule has 88 valence electrons. The number of rotatable bonds is 2. The predicted octanol–water partition coefficient (Wildman–Crippen LogP) is 3.56. The fourth-order valence-electron chi connectivity index (χ4n) is 1.27. The summed E-state index contributed by atoms with van der Waals surface area (Å²) in [5.41, 5.74) is 7.23. The topological polar surface area (TPSA) is 48.1 Å². The lowest BCUT2D eigenvalue weighted by Crippen LogP contribution is -1.94. The Morgan fingerprint density at radius 1 is 1.35 bits per heavy atom. The molecule has 1 heterocycles. The Kier molecular flexibility index (Phi) is 3.15. The number of nitrogens with two attached hydrogens (primary N) is 1. The lowest BCUT2D eigenvalue weighted by atomic mass is 10.2. The fourth-order valence-corrected chi connectivity index (χ4v) is 1.42. The molecule has 0 spiro atoms. The van der Waals surface area contributed by atoms with Crippen LogP contribution in [0.3, 0.4) is 0 Å². The summed E-state index contributed by atoms with van der Waals surface area (Å²) in [5, 5.41) is 0.221. The summed E-state index contributed by atoms with van der Waals surface area (Å²) in [6, 6.07) is 6.24. The molecule has 3 nitrogen and oxygen atoms in total. The van der Waals surface area contributed by atoms with Crippen molar-refractivity contribution in [2.24, 2.45) is 0 Å². The van der Waals surface area contributed by atoms with Crippen molar-refractivity contribution in [1.82, 2.24) is 4.98 Å². The normalized spacial score (nSPS) is 10.3. The quantitative estimate of drug-likeness (QED) is 0.832. The van der Waals surface area contributed by atoms with E-state index in [1.54, 1.807) is 18.2 Å². The number of nitrogen functional groups attached to an aromatic ring is 1. The monoisotopic (exact) mass is 252 g/mol. The largest absolute Gasteiger partial charge is 0.436 e. The van der Waals surface area contributed by atoms with Crippen molar-refractivity contribution in [1.29, 1.82) is 0 Å². The number of hydrogen-bond donors (Lipinski definition) is 1. The van der Waals surface area contributed by atoms with E-state index >= 15 is 0 Å². The molecule has 0 aliphatic carbocycles. The zero-order valence-electron chi connectivity index (χ0n) is 9.08. The molecule has 0 aliphatic heterocycles. The van der Waals surface area contributed by atoms with Crippen molar-refractivity contribution >= 4 is 17.3 Å². The Labute approximate surface area is 103 Å². The summed E-state index contributed by atoms with van der Waals surface area (Å²) in [5.74, 6) is -0.309. The summed E-state index contributed by atoms with van der Waals surface area (Å²) < 4.78 is 18.7. The van der Waals surface area contributed by atoms with Crippen molar-refractivity contribution < 1.29 is 9.13 Å². The van der Waals surface area contributed by atoms with E-state index in [4.69, 9.17) is 22.1 Å². The minimum Gasteiger partial charge on any atom is -0.436 e. The highest BCUT2D eigenvalue weighted by molar-refractivity contribution is 6.30. The van der Waals surface area contributed by atoms with E-state index < -0.39 is 5.82 Å². The van der Waals surface area contributed by atoms with Crippen LogP contribution in [0.25, 0.3) is 0 Å². The van der Waals surface area contributed by atoms with E-state index in [0.717, 1.165) is 11.6 Å². The summed E-state index contributed by atoms with van der Waals surface area (Å²) >= 11 is 5.59. The Morgan fingerprint density at radius 2 is 2.12 bits per heavy atom. The minimum atomic E-state index is -0.614. The molecule has 0 saturated heterocycles. The molecule has 2 rings (SSSR count). The van der Waals surface area contributed by atoms with Crippen molar-refractivity contribution in [3.05, 3.63) is 46.9 Å². The first-order chi connectivity index (χ1) is 8.06. The van der Waals surface area contributed by atoms with E-state index in [-0.39, 0.29) is 10.9 Å². The van der Waals surface area contributed by atoms with Gasteiger partial charge in [-0.1, -0.05) is 17.7 Å². The van der Waals surface area contributed by atoms with E-state index in [9.17, 15) is 4.39 Å². The lowest BCUT2D eigenvalue weighted by Gasteiger charge is -2.07. The first kappa shape index (κ1) is 11.7. The van der Waals surface area contributed by atoms with E-state index in [1.165, 1.54) is 6.20 Å². The molecular formula is C12H10ClFN2O. The third-order valence-electron chi connectivity index (χ3n) is 2.24. The number of ether oxygens (including phenoxy) is 1. The molecule has 1 aromatic carbocycles. The molecular weight excluding hydrogens is 243 g/mol. The van der Waals surface area contributed by atoms with E-state index in [2.05, 4.69) is 4.98 Å². The molecule has 0 unspecified atom stereocenters. The van der Waals surface area contributed by atoms with Crippen LogP contribution in [0.4, 0.5) is 10.1 Å². The summed E-state index contributed by atoms with van der Waals surface area (Å²) in [6.45, 7) is 1.88. The van der Waals surface area contributed by atoms with Gasteiger partial charge in [0, 0.05) is 18.0 Å². The number of aromatic nitrogens is 1. The molecule has 0 fully saturated rings. The number of hydrogen-bond acceptors (Lipinski definition) is 3. The Bertz CT molecular complexity index is 560. The maximum atomic E-state index is 13.4. The number of pyridine rings is 1. The number of benzene rings is 1. The van der Waals surface area contributed by atoms with Gasteiger partial charge in [-0.25, -0.2) is 9.37 Å². The van der Waals surface area contributed by atoms with Gasteiger partial charge < -0.3 is 10.5 Å². The Hall–Kier alpha value is -1.81. The first-order valence-corrected chi connectivity index (χ1v) is 5.29. The number of nitrogens with zero attached hydrogens (tertiary/aromatic N) is 1. The average molecular weight is 253 g/mol. The second kappa shape index (κ2) is 4.59. The van der Waals surface area contributed by atoms with Crippen molar-refractivity contribution in [3.8, 4) is 11.6 Å². The van der Waals surface area contributed by atoms with Gasteiger partial charge in [0.15, 0.2) is 5.82 Å². The first-order valence-electron chi connectivity index (χ1n) is 4.91. The summed E-state index contributed by atoms with van der Waals surface area (Å²) in [7, 11) is 0. The fraction of sp³-hybridized carbons (Fsp3) is 0.0833. The van der Waals surface area contributed by atoms with Gasteiger partial charge in [-0.05, 0) is 24.6 Å². The van der Waals surface area contributed by atoms with Gasteiger partial charge in [-0.15, -0.1) is 0 Å². The van der Waals surface area contributed by atoms with Crippen LogP contribution in [0.5, 0.6) is 11.6 Å². The van der Waals surface area contributed by atoms with Crippen LogP contribution in [0.1, 0.15) is 5.56 Å². The average Bonchev–Trinajstić information content (AvgIpc) is 2.27. The van der Waals surface area contributed by atoms with Crippen LogP contribution < -0.4 is 10.5 Å². The number of halogens is 2. The standard InChI is InChI=1S/C12H10ClFN2O/c1-7-2-3-9(5-11(7)15)17-12-10(14)4-8(13)6-16-12/h2-6H,15H2,1H3. The Morgan fingerprint density at radius 3 is 2.76 bits per heavy atom. The molecule has 2 aromatic rings. The van der Waals surface area contributed by atoms with Crippen LogP contribution in [0.2, 0.25) is 5.02 Å². The van der Waals surface area contributed by atoms with Gasteiger partial charge >= 0.3 is 0 Å². The lowest BCUT2D eigenvalue weighted by molar-refractivity contribution is 0.423. The molecule has 0 bridgehead atoms. The second-order valence-corrected chi connectivity index (χ2v) is 4.00.